The van der Waals surface area contributed by atoms with Crippen molar-refractivity contribution in [3.8, 4) is 5.82 Å². The van der Waals surface area contributed by atoms with Gasteiger partial charge in [0.15, 0.2) is 5.82 Å². The number of aromatic nitrogens is 4. The smallest absolute Gasteiger partial charge is 0.159 e. The summed E-state index contributed by atoms with van der Waals surface area (Å²) in [5.41, 5.74) is 1.98. The maximum atomic E-state index is 4.45. The van der Waals surface area contributed by atoms with E-state index in [1.807, 2.05) is 38.6 Å². The number of rotatable bonds is 2. The van der Waals surface area contributed by atoms with Crippen molar-refractivity contribution in [2.75, 3.05) is 12.4 Å². The quantitative estimate of drug-likeness (QED) is 0.924. The van der Waals surface area contributed by atoms with Gasteiger partial charge in [-0.2, -0.15) is 5.10 Å². The maximum Gasteiger partial charge on any atom is 0.159 e. The summed E-state index contributed by atoms with van der Waals surface area (Å²) in [6.45, 7) is 5.83. The van der Waals surface area contributed by atoms with Gasteiger partial charge in [-0.3, -0.25) is 0 Å². The van der Waals surface area contributed by atoms with Gasteiger partial charge in [-0.15, -0.1) is 0 Å². The van der Waals surface area contributed by atoms with Gasteiger partial charge in [-0.25, -0.2) is 14.6 Å². The summed E-state index contributed by atoms with van der Waals surface area (Å²) < 4.78 is 2.83. The van der Waals surface area contributed by atoms with Crippen LogP contribution in [0.2, 0.25) is 0 Å². The van der Waals surface area contributed by atoms with E-state index in [1.54, 1.807) is 0 Å². The SMILES string of the molecule is CNc1cc(-n2nc(C)c(Br)c2C)nc(C)n1. The minimum absolute atomic E-state index is 0.718. The standard InChI is InChI=1S/C11H14BrN5/c1-6-11(12)7(2)17(16-6)10-5-9(13-4)14-8(3)15-10/h5H,1-4H3,(H,13,14,15). The molecule has 0 radical (unpaired) electrons. The number of hydrogen-bond donors (Lipinski definition) is 1. The highest BCUT2D eigenvalue weighted by Crippen LogP contribution is 2.22. The summed E-state index contributed by atoms with van der Waals surface area (Å²) in [5, 5.41) is 7.46. The summed E-state index contributed by atoms with van der Waals surface area (Å²) in [6, 6.07) is 1.87. The highest BCUT2D eigenvalue weighted by Gasteiger charge is 2.12. The van der Waals surface area contributed by atoms with Crippen molar-refractivity contribution < 1.29 is 0 Å². The van der Waals surface area contributed by atoms with Gasteiger partial charge in [-0.1, -0.05) is 0 Å². The van der Waals surface area contributed by atoms with Crippen molar-refractivity contribution >= 4 is 21.7 Å². The number of nitrogens with one attached hydrogen (secondary N) is 1. The van der Waals surface area contributed by atoms with Crippen LogP contribution >= 0.6 is 15.9 Å². The van der Waals surface area contributed by atoms with Crippen molar-refractivity contribution in [2.24, 2.45) is 0 Å². The fraction of sp³-hybridized carbons (Fsp3) is 0.364. The molecule has 17 heavy (non-hydrogen) atoms. The van der Waals surface area contributed by atoms with Gasteiger partial charge in [0.2, 0.25) is 0 Å². The molecule has 2 aromatic heterocycles. The zero-order chi connectivity index (χ0) is 12.6. The van der Waals surface area contributed by atoms with E-state index in [2.05, 4.69) is 36.3 Å². The van der Waals surface area contributed by atoms with Crippen LogP contribution in [0.3, 0.4) is 0 Å². The van der Waals surface area contributed by atoms with Crippen LogP contribution < -0.4 is 5.32 Å². The number of hydrogen-bond acceptors (Lipinski definition) is 4. The Balaban J connectivity index is 2.59. The molecule has 2 aromatic rings. The molecule has 2 rings (SSSR count). The first kappa shape index (κ1) is 12.0. The molecule has 6 heteroatoms. The lowest BCUT2D eigenvalue weighted by atomic mass is 10.4. The van der Waals surface area contributed by atoms with Crippen LogP contribution in [0.25, 0.3) is 5.82 Å². The molecule has 0 fully saturated rings. The van der Waals surface area contributed by atoms with E-state index in [9.17, 15) is 0 Å². The van der Waals surface area contributed by atoms with Crippen LogP contribution in [0.15, 0.2) is 10.5 Å². The third-order valence-electron chi connectivity index (χ3n) is 2.50. The number of nitrogens with zero attached hydrogens (tertiary/aromatic N) is 4. The van der Waals surface area contributed by atoms with E-state index >= 15 is 0 Å². The predicted molar refractivity (Wildman–Crippen MR) is 70.6 cm³/mol. The largest absolute Gasteiger partial charge is 0.373 e. The van der Waals surface area contributed by atoms with Crippen molar-refractivity contribution in [2.45, 2.75) is 20.8 Å². The average molecular weight is 296 g/mol. The second-order valence-electron chi connectivity index (χ2n) is 3.81. The Morgan fingerprint density at radius 3 is 2.47 bits per heavy atom. The lowest BCUT2D eigenvalue weighted by Gasteiger charge is -2.07. The number of halogens is 1. The zero-order valence-corrected chi connectivity index (χ0v) is 11.8. The Kier molecular flexibility index (Phi) is 3.15. The molecule has 0 spiro atoms. The second-order valence-corrected chi connectivity index (χ2v) is 4.60. The van der Waals surface area contributed by atoms with Crippen molar-refractivity contribution in [3.63, 3.8) is 0 Å². The van der Waals surface area contributed by atoms with Crippen LogP contribution in [0.1, 0.15) is 17.2 Å². The van der Waals surface area contributed by atoms with Crippen LogP contribution in [0.5, 0.6) is 0 Å². The highest BCUT2D eigenvalue weighted by molar-refractivity contribution is 9.10. The third kappa shape index (κ3) is 2.17. The molecule has 0 aliphatic heterocycles. The van der Waals surface area contributed by atoms with Gasteiger partial charge >= 0.3 is 0 Å². The van der Waals surface area contributed by atoms with Crippen LogP contribution in [0.4, 0.5) is 5.82 Å². The third-order valence-corrected chi connectivity index (χ3v) is 3.65. The molecular weight excluding hydrogens is 282 g/mol. The topological polar surface area (TPSA) is 55.6 Å². The first-order valence-electron chi connectivity index (χ1n) is 5.28. The fourth-order valence-electron chi connectivity index (χ4n) is 1.64. The molecule has 0 atom stereocenters. The molecule has 1 N–H and O–H groups in total. The fourth-order valence-corrected chi connectivity index (χ4v) is 1.88. The lowest BCUT2D eigenvalue weighted by molar-refractivity contribution is 0.793. The number of aryl methyl sites for hydroxylation is 2. The molecule has 0 amide bonds. The number of anilines is 1. The monoisotopic (exact) mass is 295 g/mol. The van der Waals surface area contributed by atoms with Crippen molar-refractivity contribution in [1.29, 1.82) is 0 Å². The van der Waals surface area contributed by atoms with Gasteiger partial charge in [-0.05, 0) is 36.7 Å². The van der Waals surface area contributed by atoms with E-state index in [-0.39, 0.29) is 0 Å². The molecule has 0 bridgehead atoms. The Labute approximate surface area is 108 Å². The molecule has 0 saturated heterocycles. The Bertz CT molecular complexity index is 561. The van der Waals surface area contributed by atoms with Gasteiger partial charge in [0.05, 0.1) is 15.9 Å². The van der Waals surface area contributed by atoms with Gasteiger partial charge in [0.1, 0.15) is 11.6 Å². The van der Waals surface area contributed by atoms with Gasteiger partial charge in [0.25, 0.3) is 0 Å². The molecule has 90 valence electrons. The van der Waals surface area contributed by atoms with E-state index in [0.29, 0.717) is 0 Å². The minimum atomic E-state index is 0.718. The van der Waals surface area contributed by atoms with E-state index in [1.165, 1.54) is 0 Å². The second kappa shape index (κ2) is 4.44. The van der Waals surface area contributed by atoms with E-state index in [4.69, 9.17) is 0 Å². The summed E-state index contributed by atoms with van der Waals surface area (Å²) in [5.74, 6) is 2.28. The molecular formula is C11H14BrN5. The Hall–Kier alpha value is -1.43. The molecule has 2 heterocycles. The van der Waals surface area contributed by atoms with Crippen LogP contribution in [0, 0.1) is 20.8 Å². The van der Waals surface area contributed by atoms with E-state index in [0.717, 1.165) is 33.3 Å². The van der Waals surface area contributed by atoms with Crippen molar-refractivity contribution in [1.82, 2.24) is 19.7 Å². The predicted octanol–water partition coefficient (Wildman–Crippen LogP) is 2.39. The first-order chi connectivity index (χ1) is 8.02. The normalized spacial score (nSPS) is 10.6. The Morgan fingerprint density at radius 1 is 1.24 bits per heavy atom. The molecule has 0 unspecified atom stereocenters. The van der Waals surface area contributed by atoms with Crippen LogP contribution in [-0.2, 0) is 0 Å². The lowest BCUT2D eigenvalue weighted by Crippen LogP contribution is -2.06. The highest BCUT2D eigenvalue weighted by atomic mass is 79.9. The molecule has 0 aliphatic carbocycles. The molecule has 5 nitrogen and oxygen atoms in total. The van der Waals surface area contributed by atoms with Crippen molar-refractivity contribution in [3.05, 3.63) is 27.8 Å². The summed E-state index contributed by atoms with van der Waals surface area (Å²) >= 11 is 3.51. The Morgan fingerprint density at radius 2 is 1.94 bits per heavy atom. The van der Waals surface area contributed by atoms with Crippen LogP contribution in [-0.4, -0.2) is 26.8 Å². The molecule has 0 saturated carbocycles. The summed E-state index contributed by atoms with van der Waals surface area (Å²) in [4.78, 5) is 8.66. The summed E-state index contributed by atoms with van der Waals surface area (Å²) in [6.07, 6.45) is 0. The average Bonchev–Trinajstić information content (AvgIpc) is 2.56. The minimum Gasteiger partial charge on any atom is -0.373 e. The zero-order valence-electron chi connectivity index (χ0n) is 10.2. The van der Waals surface area contributed by atoms with Gasteiger partial charge in [0, 0.05) is 13.1 Å². The maximum absolute atomic E-state index is 4.45. The molecule has 0 aromatic carbocycles. The summed E-state index contributed by atoms with van der Waals surface area (Å²) in [7, 11) is 1.84. The van der Waals surface area contributed by atoms with Gasteiger partial charge < -0.3 is 5.32 Å². The molecule has 0 aliphatic rings. The first-order valence-corrected chi connectivity index (χ1v) is 6.07. The van der Waals surface area contributed by atoms with E-state index < -0.39 is 0 Å².